The highest BCUT2D eigenvalue weighted by Gasteiger charge is 2.20. The van der Waals surface area contributed by atoms with Crippen LogP contribution in [0.25, 0.3) is 11.1 Å². The number of rotatable bonds is 4. The van der Waals surface area contributed by atoms with Gasteiger partial charge in [0.2, 0.25) is 10.0 Å². The van der Waals surface area contributed by atoms with E-state index in [0.29, 0.717) is 11.2 Å². The van der Waals surface area contributed by atoms with Crippen LogP contribution in [0.15, 0.2) is 50.6 Å². The van der Waals surface area contributed by atoms with Crippen molar-refractivity contribution in [2.75, 3.05) is 0 Å². The van der Waals surface area contributed by atoms with Crippen molar-refractivity contribution in [3.63, 3.8) is 0 Å². The molecule has 3 rings (SSSR count). The molecule has 0 saturated heterocycles. The summed E-state index contributed by atoms with van der Waals surface area (Å²) in [6.45, 7) is 0.0224. The number of halogens is 1. The van der Waals surface area contributed by atoms with Gasteiger partial charge < -0.3 is 4.42 Å². The zero-order valence-electron chi connectivity index (χ0n) is 11.0. The second-order valence-electron chi connectivity index (χ2n) is 4.44. The van der Waals surface area contributed by atoms with Crippen LogP contribution in [0.4, 0.5) is 0 Å². The van der Waals surface area contributed by atoms with Gasteiger partial charge in [0, 0.05) is 12.3 Å². The van der Waals surface area contributed by atoms with Crippen molar-refractivity contribution in [2.24, 2.45) is 0 Å². The second-order valence-corrected chi connectivity index (χ2v) is 6.58. The quantitative estimate of drug-likeness (QED) is 0.752. The summed E-state index contributed by atoms with van der Waals surface area (Å²) in [6.07, 6.45) is 1.57. The third kappa shape index (κ3) is 2.89. The van der Waals surface area contributed by atoms with Gasteiger partial charge >= 0.3 is 5.76 Å². The maximum atomic E-state index is 12.3. The highest BCUT2D eigenvalue weighted by molar-refractivity contribution is 7.89. The number of H-pyrrole nitrogens is 1. The molecule has 2 heterocycles. The number of hydrogen-bond donors (Lipinski definition) is 2. The predicted molar refractivity (Wildman–Crippen MR) is 80.1 cm³/mol. The first-order valence-electron chi connectivity index (χ1n) is 6.18. The molecule has 0 atom stereocenters. The lowest BCUT2D eigenvalue weighted by Crippen LogP contribution is -2.24. The molecule has 0 aliphatic heterocycles. The van der Waals surface area contributed by atoms with Crippen LogP contribution in [-0.4, -0.2) is 18.4 Å². The molecule has 0 spiro atoms. The first-order valence-corrected chi connectivity index (χ1v) is 8.04. The van der Waals surface area contributed by atoms with E-state index in [1.165, 1.54) is 12.1 Å². The molecule has 0 radical (unpaired) electrons. The molecule has 0 bridgehead atoms. The summed E-state index contributed by atoms with van der Waals surface area (Å²) in [5, 5.41) is -0.0157. The van der Waals surface area contributed by atoms with Crippen molar-refractivity contribution >= 4 is 32.7 Å². The fourth-order valence-corrected chi connectivity index (χ4v) is 3.45. The lowest BCUT2D eigenvalue weighted by molar-refractivity contribution is 0.553. The largest absolute Gasteiger partial charge is 0.417 e. The molecule has 0 aliphatic carbocycles. The van der Waals surface area contributed by atoms with Crippen molar-refractivity contribution in [1.82, 2.24) is 14.7 Å². The zero-order chi connectivity index (χ0) is 15.7. The van der Waals surface area contributed by atoms with Crippen LogP contribution in [0, 0.1) is 0 Å². The molecule has 0 unspecified atom stereocenters. The van der Waals surface area contributed by atoms with E-state index in [1.54, 1.807) is 24.4 Å². The van der Waals surface area contributed by atoms with Crippen LogP contribution >= 0.6 is 11.6 Å². The molecular weight excluding hydrogens is 330 g/mol. The Kier molecular flexibility index (Phi) is 3.73. The van der Waals surface area contributed by atoms with Crippen molar-refractivity contribution in [2.45, 2.75) is 11.4 Å². The highest BCUT2D eigenvalue weighted by Crippen LogP contribution is 2.26. The topological polar surface area (TPSA) is 105 Å². The Bertz CT molecular complexity index is 979. The van der Waals surface area contributed by atoms with Gasteiger partial charge in [-0.05, 0) is 18.2 Å². The highest BCUT2D eigenvalue weighted by atomic mass is 35.5. The Morgan fingerprint density at radius 1 is 1.32 bits per heavy atom. The van der Waals surface area contributed by atoms with E-state index >= 15 is 0 Å². The average molecular weight is 340 g/mol. The van der Waals surface area contributed by atoms with Gasteiger partial charge in [-0.1, -0.05) is 17.7 Å². The zero-order valence-corrected chi connectivity index (χ0v) is 12.6. The minimum Gasteiger partial charge on any atom is -0.408 e. The van der Waals surface area contributed by atoms with E-state index in [-0.39, 0.29) is 22.0 Å². The molecule has 2 N–H and O–H groups in total. The summed E-state index contributed by atoms with van der Waals surface area (Å²) in [6, 6.07) is 7.72. The lowest BCUT2D eigenvalue weighted by Gasteiger charge is -2.08. The number of fused-ring (bicyclic) bond motifs is 1. The standard InChI is InChI=1S/C13H10ClN3O4S/c14-9-5-10-11(21-13(18)17-10)6-12(9)22(19,20)16-7-8-3-1-2-4-15-8/h1-6,16H,7H2,(H,17,18). The van der Waals surface area contributed by atoms with Crippen LogP contribution < -0.4 is 10.5 Å². The van der Waals surface area contributed by atoms with Crippen molar-refractivity contribution in [3.05, 3.63) is 57.8 Å². The molecule has 22 heavy (non-hydrogen) atoms. The third-order valence-electron chi connectivity index (χ3n) is 2.93. The fraction of sp³-hybridized carbons (Fsp3) is 0.0769. The summed E-state index contributed by atoms with van der Waals surface area (Å²) in [5.74, 6) is -0.679. The molecule has 9 heteroatoms. The molecule has 3 aromatic rings. The maximum absolute atomic E-state index is 12.3. The molecule has 0 fully saturated rings. The number of aromatic amines is 1. The van der Waals surface area contributed by atoms with Crippen molar-refractivity contribution < 1.29 is 12.8 Å². The number of nitrogens with zero attached hydrogens (tertiary/aromatic N) is 1. The molecule has 0 saturated carbocycles. The van der Waals surface area contributed by atoms with Crippen molar-refractivity contribution in [1.29, 1.82) is 0 Å². The third-order valence-corrected chi connectivity index (χ3v) is 4.80. The van der Waals surface area contributed by atoms with Gasteiger partial charge in [0.1, 0.15) is 4.90 Å². The van der Waals surface area contributed by atoms with Crippen LogP contribution in [0.2, 0.25) is 5.02 Å². The molecule has 2 aromatic heterocycles. The molecule has 1 aromatic carbocycles. The Hall–Kier alpha value is -2.16. The Morgan fingerprint density at radius 2 is 2.14 bits per heavy atom. The SMILES string of the molecule is O=c1[nH]c2cc(Cl)c(S(=O)(=O)NCc3ccccn3)cc2o1. The molecule has 0 aliphatic rings. The lowest BCUT2D eigenvalue weighted by atomic mass is 10.3. The number of benzene rings is 1. The smallest absolute Gasteiger partial charge is 0.408 e. The van der Waals surface area contributed by atoms with E-state index < -0.39 is 15.8 Å². The number of aromatic nitrogens is 2. The molecule has 7 nitrogen and oxygen atoms in total. The van der Waals surface area contributed by atoms with Gasteiger partial charge in [0.15, 0.2) is 5.58 Å². The van der Waals surface area contributed by atoms with E-state index in [1.807, 2.05) is 0 Å². The summed E-state index contributed by atoms with van der Waals surface area (Å²) in [7, 11) is -3.87. The van der Waals surface area contributed by atoms with Crippen molar-refractivity contribution in [3.8, 4) is 0 Å². The second kappa shape index (κ2) is 5.56. The van der Waals surface area contributed by atoms with E-state index in [9.17, 15) is 13.2 Å². The average Bonchev–Trinajstić information content (AvgIpc) is 2.84. The van der Waals surface area contributed by atoms with Gasteiger partial charge in [-0.2, -0.15) is 0 Å². The fourth-order valence-electron chi connectivity index (χ4n) is 1.91. The van der Waals surface area contributed by atoms with E-state index in [4.69, 9.17) is 16.0 Å². The monoisotopic (exact) mass is 339 g/mol. The Balaban J connectivity index is 1.94. The summed E-state index contributed by atoms with van der Waals surface area (Å²) in [4.78, 5) is 17.4. The molecular formula is C13H10ClN3O4S. The number of hydrogen-bond acceptors (Lipinski definition) is 5. The number of pyridine rings is 1. The van der Waals surface area contributed by atoms with Gasteiger partial charge in [-0.25, -0.2) is 17.9 Å². The van der Waals surface area contributed by atoms with Gasteiger partial charge in [0.25, 0.3) is 0 Å². The van der Waals surface area contributed by atoms with Gasteiger partial charge in [-0.3, -0.25) is 9.97 Å². The summed E-state index contributed by atoms with van der Waals surface area (Å²) >= 11 is 5.98. The van der Waals surface area contributed by atoms with E-state index in [0.717, 1.165) is 0 Å². The molecule has 0 amide bonds. The van der Waals surface area contributed by atoms with Gasteiger partial charge in [-0.15, -0.1) is 0 Å². The number of nitrogens with one attached hydrogen (secondary N) is 2. The minimum absolute atomic E-state index is 0.0157. The summed E-state index contributed by atoms with van der Waals surface area (Å²) in [5.41, 5.74) is 1.02. The summed E-state index contributed by atoms with van der Waals surface area (Å²) < 4.78 is 31.9. The maximum Gasteiger partial charge on any atom is 0.417 e. The van der Waals surface area contributed by atoms with Crippen LogP contribution in [0.5, 0.6) is 0 Å². The number of sulfonamides is 1. The van der Waals surface area contributed by atoms with E-state index in [2.05, 4.69) is 14.7 Å². The normalized spacial score (nSPS) is 11.9. The first-order chi connectivity index (χ1) is 10.5. The Labute approximate surface area is 130 Å². The first kappa shape index (κ1) is 14.8. The van der Waals surface area contributed by atoms with Gasteiger partial charge in [0.05, 0.1) is 22.8 Å². The predicted octanol–water partition coefficient (Wildman–Crippen LogP) is 1.65. The number of oxazole rings is 1. The Morgan fingerprint density at radius 3 is 2.86 bits per heavy atom. The van der Waals surface area contributed by atoms with Crippen LogP contribution in [0.3, 0.4) is 0 Å². The van der Waals surface area contributed by atoms with Crippen LogP contribution in [0.1, 0.15) is 5.69 Å². The van der Waals surface area contributed by atoms with Crippen LogP contribution in [-0.2, 0) is 16.6 Å². The minimum atomic E-state index is -3.87. The molecule has 114 valence electrons.